The fourth-order valence-corrected chi connectivity index (χ4v) is 3.12. The van der Waals surface area contributed by atoms with Crippen LogP contribution in [0, 0.1) is 0 Å². The first-order chi connectivity index (χ1) is 8.22. The molecule has 0 saturated carbocycles. The molecule has 1 aromatic carbocycles. The van der Waals surface area contributed by atoms with Crippen molar-refractivity contribution in [2.24, 2.45) is 0 Å². The summed E-state index contributed by atoms with van der Waals surface area (Å²) < 4.78 is 0.947. The van der Waals surface area contributed by atoms with E-state index in [9.17, 15) is 0 Å². The van der Waals surface area contributed by atoms with E-state index in [1.165, 1.54) is 5.56 Å². The summed E-state index contributed by atoms with van der Waals surface area (Å²) in [6.45, 7) is 0. The lowest BCUT2D eigenvalue weighted by Gasteiger charge is -2.18. The zero-order valence-corrected chi connectivity index (χ0v) is 12.6. The molecule has 0 radical (unpaired) electrons. The highest BCUT2D eigenvalue weighted by Crippen LogP contribution is 2.31. The fourth-order valence-electron chi connectivity index (χ4n) is 1.80. The van der Waals surface area contributed by atoms with Crippen LogP contribution in [0.4, 0.5) is 0 Å². The molecule has 90 valence electrons. The molecule has 0 bridgehead atoms. The SMILES string of the molecule is CNC(Cc1ccsc1)c1cccc(Br)c1Cl. The lowest BCUT2D eigenvalue weighted by molar-refractivity contribution is 0.593. The predicted octanol–water partition coefficient (Wildman–Crippen LogP) is 4.67. The van der Waals surface area contributed by atoms with Gasteiger partial charge < -0.3 is 5.32 Å². The summed E-state index contributed by atoms with van der Waals surface area (Å²) in [5, 5.41) is 8.40. The van der Waals surface area contributed by atoms with Gasteiger partial charge in [-0.15, -0.1) is 0 Å². The van der Waals surface area contributed by atoms with Gasteiger partial charge in [0, 0.05) is 10.5 Å². The Kier molecular flexibility index (Phi) is 4.62. The Morgan fingerprint density at radius 3 is 2.88 bits per heavy atom. The maximum absolute atomic E-state index is 6.32. The summed E-state index contributed by atoms with van der Waals surface area (Å²) in [6.07, 6.45) is 0.955. The number of hydrogen-bond acceptors (Lipinski definition) is 2. The van der Waals surface area contributed by atoms with Crippen LogP contribution in [0.3, 0.4) is 0 Å². The van der Waals surface area contributed by atoms with Crippen molar-refractivity contribution in [1.29, 1.82) is 0 Å². The Bertz CT molecular complexity index is 484. The second-order valence-electron chi connectivity index (χ2n) is 3.82. The molecule has 2 aromatic rings. The van der Waals surface area contributed by atoms with E-state index >= 15 is 0 Å². The number of benzene rings is 1. The summed E-state index contributed by atoms with van der Waals surface area (Å²) in [7, 11) is 1.97. The highest BCUT2D eigenvalue weighted by Gasteiger charge is 2.15. The van der Waals surface area contributed by atoms with Gasteiger partial charge >= 0.3 is 0 Å². The zero-order valence-electron chi connectivity index (χ0n) is 9.41. The molecule has 17 heavy (non-hydrogen) atoms. The molecule has 2 rings (SSSR count). The molecule has 1 N–H and O–H groups in total. The van der Waals surface area contributed by atoms with E-state index in [-0.39, 0.29) is 6.04 Å². The summed E-state index contributed by atoms with van der Waals surface area (Å²) >= 11 is 11.5. The Labute approximate surface area is 119 Å². The van der Waals surface area contributed by atoms with E-state index in [2.05, 4.69) is 44.1 Å². The summed E-state index contributed by atoms with van der Waals surface area (Å²) in [6, 6.07) is 8.45. The van der Waals surface area contributed by atoms with E-state index < -0.39 is 0 Å². The molecular weight excluding hydrogens is 318 g/mol. The molecule has 0 fully saturated rings. The second kappa shape index (κ2) is 6.01. The van der Waals surface area contributed by atoms with Crippen molar-refractivity contribution in [3.05, 3.63) is 55.6 Å². The predicted molar refractivity (Wildman–Crippen MR) is 79.0 cm³/mol. The number of halogens is 2. The molecule has 1 heterocycles. The van der Waals surface area contributed by atoms with Gasteiger partial charge in [0.1, 0.15) is 0 Å². The molecule has 4 heteroatoms. The van der Waals surface area contributed by atoms with Crippen molar-refractivity contribution >= 4 is 38.9 Å². The first kappa shape index (κ1) is 13.1. The monoisotopic (exact) mass is 329 g/mol. The summed E-state index contributed by atoms with van der Waals surface area (Å²) in [5.41, 5.74) is 2.47. The van der Waals surface area contributed by atoms with Crippen LogP contribution in [0.5, 0.6) is 0 Å². The van der Waals surface area contributed by atoms with Crippen LogP contribution in [0.2, 0.25) is 5.02 Å². The number of nitrogens with one attached hydrogen (secondary N) is 1. The molecule has 0 amide bonds. The van der Waals surface area contributed by atoms with Crippen molar-refractivity contribution in [1.82, 2.24) is 5.32 Å². The number of thiophene rings is 1. The smallest absolute Gasteiger partial charge is 0.0595 e. The third-order valence-corrected chi connectivity index (χ3v) is 4.77. The molecule has 0 saturated heterocycles. The largest absolute Gasteiger partial charge is 0.313 e. The van der Waals surface area contributed by atoms with Gasteiger partial charge in [0.05, 0.1) is 5.02 Å². The van der Waals surface area contributed by atoms with Gasteiger partial charge in [-0.25, -0.2) is 0 Å². The van der Waals surface area contributed by atoms with E-state index in [0.29, 0.717) is 0 Å². The zero-order chi connectivity index (χ0) is 12.3. The molecule has 1 atom stereocenters. The van der Waals surface area contributed by atoms with Crippen molar-refractivity contribution in [2.75, 3.05) is 7.05 Å². The molecule has 0 aliphatic carbocycles. The van der Waals surface area contributed by atoms with Gasteiger partial charge in [0.15, 0.2) is 0 Å². The first-order valence-electron chi connectivity index (χ1n) is 5.34. The number of hydrogen-bond donors (Lipinski definition) is 1. The van der Waals surface area contributed by atoms with Crippen molar-refractivity contribution < 1.29 is 0 Å². The molecule has 0 aliphatic rings. The number of rotatable bonds is 4. The molecule has 1 unspecified atom stereocenters. The van der Waals surface area contributed by atoms with Gasteiger partial charge in [-0.3, -0.25) is 0 Å². The van der Waals surface area contributed by atoms with E-state index in [0.717, 1.165) is 21.5 Å². The molecule has 0 aliphatic heterocycles. The number of likely N-dealkylation sites (N-methyl/N-ethyl adjacent to an activating group) is 1. The van der Waals surface area contributed by atoms with E-state index in [1.54, 1.807) is 11.3 Å². The van der Waals surface area contributed by atoms with Crippen LogP contribution in [-0.4, -0.2) is 7.05 Å². The third kappa shape index (κ3) is 3.10. The van der Waals surface area contributed by atoms with Crippen molar-refractivity contribution in [2.45, 2.75) is 12.5 Å². The maximum atomic E-state index is 6.32. The Hall–Kier alpha value is -0.350. The van der Waals surface area contributed by atoms with Gasteiger partial charge in [-0.2, -0.15) is 11.3 Å². The Balaban J connectivity index is 2.26. The average molecular weight is 331 g/mol. The lowest BCUT2D eigenvalue weighted by atomic mass is 10.0. The molecule has 0 spiro atoms. The van der Waals surface area contributed by atoms with Crippen LogP contribution in [0.1, 0.15) is 17.2 Å². The summed E-state index contributed by atoms with van der Waals surface area (Å²) in [4.78, 5) is 0. The fraction of sp³-hybridized carbons (Fsp3) is 0.231. The van der Waals surface area contributed by atoms with Gasteiger partial charge in [0.2, 0.25) is 0 Å². The topological polar surface area (TPSA) is 12.0 Å². The Morgan fingerprint density at radius 2 is 2.24 bits per heavy atom. The normalized spacial score (nSPS) is 12.6. The summed E-state index contributed by atoms with van der Waals surface area (Å²) in [5.74, 6) is 0. The van der Waals surface area contributed by atoms with Crippen molar-refractivity contribution in [3.8, 4) is 0 Å². The maximum Gasteiger partial charge on any atom is 0.0595 e. The van der Waals surface area contributed by atoms with Crippen molar-refractivity contribution in [3.63, 3.8) is 0 Å². The standard InChI is InChI=1S/C13H13BrClNS/c1-16-12(7-9-5-6-17-8-9)10-3-2-4-11(14)13(10)15/h2-6,8,12,16H,7H2,1H3. The van der Waals surface area contributed by atoms with Crippen LogP contribution >= 0.6 is 38.9 Å². The quantitative estimate of drug-likeness (QED) is 0.859. The lowest BCUT2D eigenvalue weighted by Crippen LogP contribution is -2.19. The highest BCUT2D eigenvalue weighted by atomic mass is 79.9. The second-order valence-corrected chi connectivity index (χ2v) is 5.83. The van der Waals surface area contributed by atoms with Gasteiger partial charge in [0.25, 0.3) is 0 Å². The minimum atomic E-state index is 0.245. The highest BCUT2D eigenvalue weighted by molar-refractivity contribution is 9.10. The third-order valence-electron chi connectivity index (χ3n) is 2.73. The molecule has 1 aromatic heterocycles. The van der Waals surface area contributed by atoms with Crippen LogP contribution in [-0.2, 0) is 6.42 Å². The Morgan fingerprint density at radius 1 is 1.41 bits per heavy atom. The first-order valence-corrected chi connectivity index (χ1v) is 7.46. The average Bonchev–Trinajstić information content (AvgIpc) is 2.83. The molecular formula is C13H13BrClNS. The minimum absolute atomic E-state index is 0.245. The van der Waals surface area contributed by atoms with Gasteiger partial charge in [-0.05, 0) is 63.4 Å². The minimum Gasteiger partial charge on any atom is -0.313 e. The van der Waals surface area contributed by atoms with E-state index in [4.69, 9.17) is 11.6 Å². The molecule has 1 nitrogen and oxygen atoms in total. The van der Waals surface area contributed by atoms with E-state index in [1.807, 2.05) is 19.2 Å². The van der Waals surface area contributed by atoms with Crippen LogP contribution < -0.4 is 5.32 Å². The van der Waals surface area contributed by atoms with Gasteiger partial charge in [-0.1, -0.05) is 23.7 Å². The van der Waals surface area contributed by atoms with Crippen LogP contribution in [0.15, 0.2) is 39.5 Å². The van der Waals surface area contributed by atoms with Crippen LogP contribution in [0.25, 0.3) is 0 Å².